The average molecular weight is 112 g/mol. The van der Waals surface area contributed by atoms with Gasteiger partial charge in [-0.25, -0.2) is 0 Å². The number of hydrogen-bond acceptors (Lipinski definition) is 1. The average Bonchev–Trinajstić information content (AvgIpc) is 0.722. The molecule has 0 bridgehead atoms. The zero-order valence-corrected chi connectivity index (χ0v) is 5.01. The van der Waals surface area contributed by atoms with E-state index in [4.69, 9.17) is 4.55 Å². The highest BCUT2D eigenvalue weighted by Gasteiger charge is 1.76. The Morgan fingerprint density at radius 3 is 1.60 bits per heavy atom. The van der Waals surface area contributed by atoms with E-state index in [1.54, 1.807) is 12.5 Å². The van der Waals surface area contributed by atoms with Crippen LogP contribution >= 0.6 is 0 Å². The van der Waals surface area contributed by atoms with Crippen molar-refractivity contribution in [2.45, 2.75) is 0 Å². The molecule has 0 aromatic rings. The number of thiol groups is 1. The van der Waals surface area contributed by atoms with Crippen molar-refractivity contribution >= 4 is 20.1 Å². The SMILES string of the molecule is C[SH](C)(O)=S. The zero-order chi connectivity index (χ0) is 4.50. The van der Waals surface area contributed by atoms with Crippen molar-refractivity contribution in [1.29, 1.82) is 0 Å². The maximum absolute atomic E-state index is 8.45. The molecule has 0 aliphatic carbocycles. The Balaban J connectivity index is 3.47. The van der Waals surface area contributed by atoms with Crippen LogP contribution in [-0.4, -0.2) is 17.1 Å². The topological polar surface area (TPSA) is 20.2 Å². The van der Waals surface area contributed by atoms with E-state index in [2.05, 4.69) is 11.2 Å². The Hall–Kier alpha value is 0.530. The first-order valence-corrected chi connectivity index (χ1v) is 4.93. The summed E-state index contributed by atoms with van der Waals surface area (Å²) in [5, 5.41) is 0. The third-order valence-electron chi connectivity index (χ3n) is 0. The van der Waals surface area contributed by atoms with Crippen LogP contribution in [-0.2, 0) is 20.1 Å². The summed E-state index contributed by atoms with van der Waals surface area (Å²) < 4.78 is 8.45. The van der Waals surface area contributed by atoms with Crippen molar-refractivity contribution in [1.82, 2.24) is 0 Å². The van der Waals surface area contributed by atoms with Crippen molar-refractivity contribution in [3.8, 4) is 0 Å². The van der Waals surface area contributed by atoms with Crippen LogP contribution in [0.5, 0.6) is 0 Å². The van der Waals surface area contributed by atoms with Gasteiger partial charge in [-0.1, -0.05) is 0 Å². The Labute approximate surface area is 37.8 Å². The van der Waals surface area contributed by atoms with E-state index in [0.29, 0.717) is 0 Å². The molecule has 0 heterocycles. The molecule has 0 aliphatic heterocycles. The van der Waals surface area contributed by atoms with E-state index in [1.807, 2.05) is 0 Å². The van der Waals surface area contributed by atoms with Crippen molar-refractivity contribution in [3.05, 3.63) is 0 Å². The van der Waals surface area contributed by atoms with Gasteiger partial charge in [0.15, 0.2) is 0 Å². The third kappa shape index (κ3) is 103. The fourth-order valence-electron chi connectivity index (χ4n) is 0. The molecule has 0 unspecified atom stereocenters. The summed E-state index contributed by atoms with van der Waals surface area (Å²) in [6, 6.07) is 0. The summed E-state index contributed by atoms with van der Waals surface area (Å²) in [5.41, 5.74) is 0. The van der Waals surface area contributed by atoms with Crippen molar-refractivity contribution in [3.63, 3.8) is 0 Å². The lowest BCUT2D eigenvalue weighted by Gasteiger charge is -2.00. The van der Waals surface area contributed by atoms with E-state index in [0.717, 1.165) is 0 Å². The first kappa shape index (κ1) is 5.53. The zero-order valence-electron chi connectivity index (χ0n) is 3.30. The monoisotopic (exact) mass is 112 g/mol. The van der Waals surface area contributed by atoms with E-state index in [1.165, 1.54) is 0 Å². The number of rotatable bonds is 0. The van der Waals surface area contributed by atoms with Crippen molar-refractivity contribution < 1.29 is 4.55 Å². The van der Waals surface area contributed by atoms with E-state index in [-0.39, 0.29) is 0 Å². The minimum Gasteiger partial charge on any atom is -0.351 e. The highest BCUT2D eigenvalue weighted by Crippen LogP contribution is 1.78. The fourth-order valence-corrected chi connectivity index (χ4v) is 0. The van der Waals surface area contributed by atoms with Crippen LogP contribution in [0, 0.1) is 0 Å². The maximum atomic E-state index is 8.45. The second-order valence-corrected chi connectivity index (χ2v) is 6.56. The molecule has 0 aromatic heterocycles. The molecule has 34 valence electrons. The minimum absolute atomic E-state index is 1.67. The lowest BCUT2D eigenvalue weighted by molar-refractivity contribution is 0.648. The summed E-state index contributed by atoms with van der Waals surface area (Å²) in [4.78, 5) is 0. The molecule has 0 aromatic carbocycles. The number of hydrogen-bond donors (Lipinski definition) is 2. The predicted molar refractivity (Wildman–Crippen MR) is 30.6 cm³/mol. The minimum atomic E-state index is -1.81. The molecule has 3 heteroatoms. The summed E-state index contributed by atoms with van der Waals surface area (Å²) in [6.45, 7) is 0. The highest BCUT2D eigenvalue weighted by molar-refractivity contribution is 8.36. The molecule has 0 saturated carbocycles. The first-order valence-electron chi connectivity index (χ1n) is 1.28. The van der Waals surface area contributed by atoms with Crippen LogP contribution in [0.4, 0.5) is 0 Å². The van der Waals surface area contributed by atoms with Crippen LogP contribution < -0.4 is 0 Å². The first-order chi connectivity index (χ1) is 2.00. The molecule has 0 radical (unpaired) electrons. The summed E-state index contributed by atoms with van der Waals surface area (Å²) in [6.07, 6.45) is 3.34. The molecule has 0 amide bonds. The van der Waals surface area contributed by atoms with Crippen molar-refractivity contribution in [2.75, 3.05) is 12.5 Å². The van der Waals surface area contributed by atoms with E-state index >= 15 is 0 Å². The van der Waals surface area contributed by atoms with Gasteiger partial charge < -0.3 is 4.55 Å². The van der Waals surface area contributed by atoms with Crippen LogP contribution in [0.3, 0.4) is 0 Å². The molecule has 0 spiro atoms. The Morgan fingerprint density at radius 2 is 1.60 bits per heavy atom. The molecule has 0 fully saturated rings. The molecular weight excluding hydrogens is 104 g/mol. The summed E-state index contributed by atoms with van der Waals surface area (Å²) >= 11 is 4.49. The van der Waals surface area contributed by atoms with Gasteiger partial charge in [-0.3, -0.25) is 0 Å². The van der Waals surface area contributed by atoms with Gasteiger partial charge in [0.2, 0.25) is 0 Å². The van der Waals surface area contributed by atoms with E-state index in [9.17, 15) is 0 Å². The van der Waals surface area contributed by atoms with Crippen LogP contribution in [0.15, 0.2) is 0 Å². The maximum Gasteiger partial charge on any atom is -0.0118 e. The fraction of sp³-hybridized carbons (Fsp3) is 1.00. The lowest BCUT2D eigenvalue weighted by atomic mass is 11.9. The quantitative estimate of drug-likeness (QED) is 0.432. The molecule has 1 nitrogen and oxygen atoms in total. The predicted octanol–water partition coefficient (Wildman–Crippen LogP) is 0.0672. The van der Waals surface area contributed by atoms with Crippen molar-refractivity contribution in [2.24, 2.45) is 0 Å². The largest absolute Gasteiger partial charge is 0.351 e. The Bertz CT molecular complexity index is 53.8. The van der Waals surface area contributed by atoms with Gasteiger partial charge in [0, 0.05) is 0 Å². The van der Waals surface area contributed by atoms with Gasteiger partial charge in [0.1, 0.15) is 0 Å². The Morgan fingerprint density at radius 1 is 1.60 bits per heavy atom. The highest BCUT2D eigenvalue weighted by atomic mass is 32.9. The molecular formula is C2H8OS2. The third-order valence-corrected chi connectivity index (χ3v) is 0. The smallest absolute Gasteiger partial charge is 0.0118 e. The molecule has 1 N–H and O–H groups in total. The second kappa shape index (κ2) is 1.32. The summed E-state index contributed by atoms with van der Waals surface area (Å²) in [5.74, 6) is 0. The van der Waals surface area contributed by atoms with E-state index < -0.39 is 8.87 Å². The van der Waals surface area contributed by atoms with Gasteiger partial charge in [-0.05, 0) is 23.7 Å². The Kier molecular flexibility index (Phi) is 1.46. The molecule has 5 heavy (non-hydrogen) atoms. The van der Waals surface area contributed by atoms with Crippen LogP contribution in [0.1, 0.15) is 0 Å². The standard InChI is InChI=1S/C2H8OS2/c1-5(2,3)4/h5H,1-2H3,(H,3,4). The molecule has 0 aliphatic rings. The normalized spacial score (nSPS) is 15.0. The van der Waals surface area contributed by atoms with Crippen LogP contribution in [0.25, 0.3) is 0 Å². The van der Waals surface area contributed by atoms with Gasteiger partial charge in [0.25, 0.3) is 0 Å². The van der Waals surface area contributed by atoms with Gasteiger partial charge in [-0.15, -0.1) is 8.87 Å². The lowest BCUT2D eigenvalue weighted by Crippen LogP contribution is -1.97. The second-order valence-electron chi connectivity index (χ2n) is 1.29. The van der Waals surface area contributed by atoms with Gasteiger partial charge in [-0.2, -0.15) is 0 Å². The van der Waals surface area contributed by atoms with Gasteiger partial charge >= 0.3 is 0 Å². The molecule has 0 saturated heterocycles. The van der Waals surface area contributed by atoms with Gasteiger partial charge in [0.05, 0.1) is 0 Å². The molecule has 0 atom stereocenters. The molecule has 0 rings (SSSR count). The van der Waals surface area contributed by atoms with Crippen LogP contribution in [0.2, 0.25) is 0 Å². The summed E-state index contributed by atoms with van der Waals surface area (Å²) in [7, 11) is -1.81.